The molecule has 0 bridgehead atoms. The molecule has 1 aliphatic carbocycles. The first-order valence-corrected chi connectivity index (χ1v) is 7.11. The van der Waals surface area contributed by atoms with E-state index in [-0.39, 0.29) is 17.5 Å². The molecule has 0 aromatic heterocycles. The molecule has 2 N–H and O–H groups in total. The molecule has 0 unspecified atom stereocenters. The molecule has 0 saturated heterocycles. The van der Waals surface area contributed by atoms with Crippen LogP contribution in [0.25, 0.3) is 0 Å². The molecule has 0 aliphatic heterocycles. The predicted molar refractivity (Wildman–Crippen MR) is 75.4 cm³/mol. The second-order valence-corrected chi connectivity index (χ2v) is 5.92. The van der Waals surface area contributed by atoms with Crippen LogP contribution in [0.3, 0.4) is 0 Å². The fourth-order valence-corrected chi connectivity index (χ4v) is 2.68. The van der Waals surface area contributed by atoms with Crippen molar-refractivity contribution in [2.45, 2.75) is 57.0 Å². The van der Waals surface area contributed by atoms with Crippen molar-refractivity contribution in [1.82, 2.24) is 9.80 Å². The number of hydrogen-bond donors (Lipinski definition) is 1. The lowest BCUT2D eigenvalue weighted by Crippen LogP contribution is -2.58. The fourth-order valence-electron chi connectivity index (χ4n) is 2.68. The number of amides is 1. The Kier molecular flexibility index (Phi) is 5.60. The summed E-state index contributed by atoms with van der Waals surface area (Å²) in [7, 11) is 6.10. The Bertz CT molecular complexity index is 274. The van der Waals surface area contributed by atoms with Crippen LogP contribution in [0, 0.1) is 0 Å². The van der Waals surface area contributed by atoms with Gasteiger partial charge in [0.15, 0.2) is 0 Å². The molecule has 0 spiro atoms. The third-order valence-corrected chi connectivity index (χ3v) is 4.33. The van der Waals surface area contributed by atoms with Gasteiger partial charge in [0.1, 0.15) is 0 Å². The summed E-state index contributed by atoms with van der Waals surface area (Å²) < 4.78 is 0. The van der Waals surface area contributed by atoms with Crippen molar-refractivity contribution in [1.29, 1.82) is 0 Å². The number of rotatable bonds is 7. The van der Waals surface area contributed by atoms with E-state index in [1.54, 1.807) is 0 Å². The summed E-state index contributed by atoms with van der Waals surface area (Å²) in [6.45, 7) is 2.93. The van der Waals surface area contributed by atoms with Crippen LogP contribution in [0.4, 0.5) is 0 Å². The van der Waals surface area contributed by atoms with E-state index in [1.165, 1.54) is 19.3 Å². The molecule has 106 valence electrons. The topological polar surface area (TPSA) is 49.6 Å². The van der Waals surface area contributed by atoms with Crippen LogP contribution in [0.2, 0.25) is 0 Å². The van der Waals surface area contributed by atoms with Crippen molar-refractivity contribution in [3.05, 3.63) is 0 Å². The summed E-state index contributed by atoms with van der Waals surface area (Å²) in [5.41, 5.74) is 6.14. The zero-order valence-electron chi connectivity index (χ0n) is 12.4. The van der Waals surface area contributed by atoms with Gasteiger partial charge >= 0.3 is 0 Å². The molecule has 4 nitrogen and oxygen atoms in total. The van der Waals surface area contributed by atoms with Crippen molar-refractivity contribution in [2.24, 2.45) is 5.73 Å². The van der Waals surface area contributed by atoms with E-state index in [1.807, 2.05) is 11.9 Å². The molecule has 0 aromatic rings. The van der Waals surface area contributed by atoms with Gasteiger partial charge in [0.05, 0.1) is 6.04 Å². The van der Waals surface area contributed by atoms with Gasteiger partial charge in [-0.3, -0.25) is 4.79 Å². The van der Waals surface area contributed by atoms with E-state index in [9.17, 15) is 4.79 Å². The fraction of sp³-hybridized carbons (Fsp3) is 0.929. The van der Waals surface area contributed by atoms with Gasteiger partial charge in [0.25, 0.3) is 0 Å². The number of likely N-dealkylation sites (N-methyl/N-ethyl adjacent to an activating group) is 2. The van der Waals surface area contributed by atoms with Crippen molar-refractivity contribution in [2.75, 3.05) is 27.7 Å². The molecule has 0 radical (unpaired) electrons. The van der Waals surface area contributed by atoms with Gasteiger partial charge in [-0.1, -0.05) is 19.8 Å². The lowest BCUT2D eigenvalue weighted by Gasteiger charge is -2.49. The minimum absolute atomic E-state index is 0.0941. The van der Waals surface area contributed by atoms with E-state index in [2.05, 4.69) is 25.9 Å². The van der Waals surface area contributed by atoms with Crippen LogP contribution < -0.4 is 5.73 Å². The highest BCUT2D eigenvalue weighted by Gasteiger charge is 2.41. The Morgan fingerprint density at radius 3 is 2.33 bits per heavy atom. The average Bonchev–Trinajstić information content (AvgIpc) is 2.28. The molecule has 0 heterocycles. The third kappa shape index (κ3) is 3.45. The minimum Gasteiger partial charge on any atom is -0.343 e. The van der Waals surface area contributed by atoms with Crippen molar-refractivity contribution in [3.8, 4) is 0 Å². The lowest BCUT2D eigenvalue weighted by atomic mass is 9.75. The van der Waals surface area contributed by atoms with E-state index < -0.39 is 0 Å². The van der Waals surface area contributed by atoms with E-state index in [0.717, 1.165) is 25.8 Å². The van der Waals surface area contributed by atoms with Crippen LogP contribution in [0.5, 0.6) is 0 Å². The molecule has 4 heteroatoms. The average molecular weight is 255 g/mol. The molecule has 1 aliphatic rings. The Morgan fingerprint density at radius 1 is 1.33 bits per heavy atom. The first-order chi connectivity index (χ1) is 8.43. The molecule has 1 atom stereocenters. The highest BCUT2D eigenvalue weighted by molar-refractivity contribution is 5.81. The Balaban J connectivity index is 2.48. The Hall–Kier alpha value is -0.610. The molecule has 1 amide bonds. The third-order valence-electron chi connectivity index (χ3n) is 4.33. The maximum absolute atomic E-state index is 12.2. The smallest absolute Gasteiger partial charge is 0.239 e. The number of unbranched alkanes of at least 4 members (excludes halogenated alkanes) is 1. The Labute approximate surface area is 111 Å². The molecule has 1 rings (SSSR count). The zero-order chi connectivity index (χ0) is 13.8. The van der Waals surface area contributed by atoms with Crippen molar-refractivity contribution < 1.29 is 4.79 Å². The van der Waals surface area contributed by atoms with Crippen LogP contribution >= 0.6 is 0 Å². The summed E-state index contributed by atoms with van der Waals surface area (Å²) in [6.07, 6.45) is 6.55. The van der Waals surface area contributed by atoms with E-state index in [0.29, 0.717) is 0 Å². The second-order valence-electron chi connectivity index (χ2n) is 5.92. The number of nitrogens with zero attached hydrogens (tertiary/aromatic N) is 2. The number of carbonyl (C=O) groups is 1. The standard InChI is InChI=1S/C14H29N3O/c1-5-6-8-12(15)13(18)17(4)11-14(16(2)3)9-7-10-14/h12H,5-11,15H2,1-4H3/t12-/m0/s1. The lowest BCUT2D eigenvalue weighted by molar-refractivity contribution is -0.134. The summed E-state index contributed by atoms with van der Waals surface area (Å²) in [6, 6.07) is -0.325. The van der Waals surface area contributed by atoms with Crippen LogP contribution in [0.15, 0.2) is 0 Å². The zero-order valence-corrected chi connectivity index (χ0v) is 12.4. The highest BCUT2D eigenvalue weighted by Crippen LogP contribution is 2.36. The van der Waals surface area contributed by atoms with Gasteiger partial charge in [-0.15, -0.1) is 0 Å². The SMILES string of the molecule is CCCC[C@H](N)C(=O)N(C)CC1(N(C)C)CCC1. The maximum atomic E-state index is 12.2. The van der Waals surface area contributed by atoms with Gasteiger partial charge in [-0.25, -0.2) is 0 Å². The molecular formula is C14H29N3O. The predicted octanol–water partition coefficient (Wildman–Crippen LogP) is 1.45. The highest BCUT2D eigenvalue weighted by atomic mass is 16.2. The van der Waals surface area contributed by atoms with Gasteiger partial charge in [-0.2, -0.15) is 0 Å². The quantitative estimate of drug-likeness (QED) is 0.749. The monoisotopic (exact) mass is 255 g/mol. The van der Waals surface area contributed by atoms with Gasteiger partial charge in [0.2, 0.25) is 5.91 Å². The maximum Gasteiger partial charge on any atom is 0.239 e. The van der Waals surface area contributed by atoms with Gasteiger partial charge < -0.3 is 15.5 Å². The van der Waals surface area contributed by atoms with Crippen LogP contribution in [0.1, 0.15) is 45.4 Å². The second kappa shape index (κ2) is 6.53. The normalized spacial score (nSPS) is 19.4. The number of hydrogen-bond acceptors (Lipinski definition) is 3. The van der Waals surface area contributed by atoms with Crippen molar-refractivity contribution >= 4 is 5.91 Å². The van der Waals surface area contributed by atoms with Gasteiger partial charge in [-0.05, 0) is 39.8 Å². The molecule has 0 aromatic carbocycles. The first kappa shape index (κ1) is 15.4. The Morgan fingerprint density at radius 2 is 1.94 bits per heavy atom. The molecular weight excluding hydrogens is 226 g/mol. The molecule has 1 fully saturated rings. The van der Waals surface area contributed by atoms with Crippen LogP contribution in [-0.2, 0) is 4.79 Å². The number of carbonyl (C=O) groups excluding carboxylic acids is 1. The summed E-state index contributed by atoms with van der Waals surface area (Å²) in [4.78, 5) is 16.3. The van der Waals surface area contributed by atoms with E-state index in [4.69, 9.17) is 5.73 Å². The van der Waals surface area contributed by atoms with Gasteiger partial charge in [0, 0.05) is 19.1 Å². The summed E-state index contributed by atoms with van der Waals surface area (Å²) in [5.74, 6) is 0.0941. The first-order valence-electron chi connectivity index (χ1n) is 7.11. The molecule has 18 heavy (non-hydrogen) atoms. The number of nitrogens with two attached hydrogens (primary N) is 1. The van der Waals surface area contributed by atoms with E-state index >= 15 is 0 Å². The summed E-state index contributed by atoms with van der Waals surface area (Å²) >= 11 is 0. The summed E-state index contributed by atoms with van der Waals surface area (Å²) in [5, 5.41) is 0. The molecule has 1 saturated carbocycles. The minimum atomic E-state index is -0.325. The largest absolute Gasteiger partial charge is 0.343 e. The van der Waals surface area contributed by atoms with Crippen molar-refractivity contribution in [3.63, 3.8) is 0 Å². The van der Waals surface area contributed by atoms with Crippen LogP contribution in [-0.4, -0.2) is 55.0 Å².